The number of hydrogen-bond donors (Lipinski definition) is 1. The van der Waals surface area contributed by atoms with Gasteiger partial charge in [0.2, 0.25) is 11.8 Å². The maximum atomic E-state index is 14.1. The number of rotatable bonds is 5. The van der Waals surface area contributed by atoms with Crippen LogP contribution < -0.4 is 0 Å². The van der Waals surface area contributed by atoms with Gasteiger partial charge in [-0.05, 0) is 26.2 Å². The number of aliphatic hydroxyl groups excluding tert-OH is 1. The highest BCUT2D eigenvalue weighted by molar-refractivity contribution is 5.99. The molecule has 10 heteroatoms. The van der Waals surface area contributed by atoms with Gasteiger partial charge in [0.15, 0.2) is 0 Å². The third kappa shape index (κ3) is 4.27. The molecule has 1 unspecified atom stereocenters. The number of amides is 2. The highest BCUT2D eigenvalue weighted by atomic mass is 16.6. The maximum Gasteiger partial charge on any atom is 0.313 e. The molecule has 198 valence electrons. The molecule has 0 radical (unpaired) electrons. The molecule has 0 aromatic carbocycles. The summed E-state index contributed by atoms with van der Waals surface area (Å²) >= 11 is 0. The molecule has 5 rings (SSSR count). The van der Waals surface area contributed by atoms with Crippen molar-refractivity contribution in [2.75, 3.05) is 65.7 Å². The average molecular weight is 504 g/mol. The SMILES string of the molecule is C[C@]12/C=C\CCCCOC(=O)[C@H]1[C@H]1C(=O)N(CCO)C3C(=O)N(CCN4CCOCC4)CC=C[C@@]31O2. The molecule has 5 atom stereocenters. The molecule has 5 aliphatic heterocycles. The molecule has 0 saturated carbocycles. The van der Waals surface area contributed by atoms with Crippen LogP contribution in [0.15, 0.2) is 24.3 Å². The van der Waals surface area contributed by atoms with E-state index in [0.29, 0.717) is 39.5 Å². The Bertz CT molecular complexity index is 932. The van der Waals surface area contributed by atoms with E-state index in [2.05, 4.69) is 4.90 Å². The number of esters is 1. The van der Waals surface area contributed by atoms with Gasteiger partial charge in [0.05, 0.1) is 37.9 Å². The van der Waals surface area contributed by atoms with Crippen molar-refractivity contribution in [3.8, 4) is 0 Å². The van der Waals surface area contributed by atoms with Crippen LogP contribution >= 0.6 is 0 Å². The monoisotopic (exact) mass is 503 g/mol. The lowest BCUT2D eigenvalue weighted by molar-refractivity contribution is -0.160. The van der Waals surface area contributed by atoms with Crippen molar-refractivity contribution in [2.45, 2.75) is 43.4 Å². The number of carbonyl (C=O) groups excluding carboxylic acids is 3. The van der Waals surface area contributed by atoms with Gasteiger partial charge in [0.25, 0.3) is 0 Å². The van der Waals surface area contributed by atoms with E-state index in [1.54, 1.807) is 4.90 Å². The maximum absolute atomic E-state index is 14.1. The lowest BCUT2D eigenvalue weighted by Gasteiger charge is -2.38. The van der Waals surface area contributed by atoms with E-state index in [1.807, 2.05) is 31.2 Å². The minimum absolute atomic E-state index is 0.00366. The number of carbonyl (C=O) groups is 3. The van der Waals surface area contributed by atoms with E-state index in [0.717, 1.165) is 32.4 Å². The minimum Gasteiger partial charge on any atom is -0.465 e. The Morgan fingerprint density at radius 2 is 1.78 bits per heavy atom. The summed E-state index contributed by atoms with van der Waals surface area (Å²) in [5, 5.41) is 9.78. The zero-order valence-corrected chi connectivity index (χ0v) is 21.0. The molecule has 3 saturated heterocycles. The fraction of sp³-hybridized carbons (Fsp3) is 0.731. The van der Waals surface area contributed by atoms with Gasteiger partial charge in [-0.1, -0.05) is 24.3 Å². The molecule has 5 aliphatic rings. The van der Waals surface area contributed by atoms with E-state index in [-0.39, 0.29) is 25.0 Å². The Morgan fingerprint density at radius 3 is 2.56 bits per heavy atom. The zero-order valence-electron chi connectivity index (χ0n) is 21.0. The summed E-state index contributed by atoms with van der Waals surface area (Å²) in [7, 11) is 0. The fourth-order valence-corrected chi connectivity index (χ4v) is 6.48. The largest absolute Gasteiger partial charge is 0.465 e. The van der Waals surface area contributed by atoms with E-state index in [1.165, 1.54) is 4.90 Å². The number of allylic oxidation sites excluding steroid dienone is 1. The van der Waals surface area contributed by atoms with E-state index in [9.17, 15) is 19.5 Å². The van der Waals surface area contributed by atoms with Crippen molar-refractivity contribution in [1.82, 2.24) is 14.7 Å². The Balaban J connectivity index is 1.49. The van der Waals surface area contributed by atoms with Crippen molar-refractivity contribution in [3.05, 3.63) is 24.3 Å². The predicted octanol–water partition coefficient (Wildman–Crippen LogP) is -0.0365. The van der Waals surface area contributed by atoms with Gasteiger partial charge in [0, 0.05) is 39.3 Å². The molecule has 0 aromatic rings. The van der Waals surface area contributed by atoms with Crippen LogP contribution in [-0.4, -0.2) is 121 Å². The van der Waals surface area contributed by atoms with Crippen LogP contribution in [0.4, 0.5) is 0 Å². The molecule has 0 aromatic heterocycles. The van der Waals surface area contributed by atoms with Crippen LogP contribution in [0.25, 0.3) is 0 Å². The molecule has 0 bridgehead atoms. The third-order valence-corrected chi connectivity index (χ3v) is 8.21. The second-order valence-corrected chi connectivity index (χ2v) is 10.5. The van der Waals surface area contributed by atoms with Crippen molar-refractivity contribution in [2.24, 2.45) is 11.8 Å². The first-order valence-corrected chi connectivity index (χ1v) is 13.1. The number of fused-ring (bicyclic) bond motifs is 2. The number of morpholine rings is 1. The number of β-amino-alcohol motifs (C(OH)–C–C–N with tert-alkyl or cyclic N) is 1. The lowest BCUT2D eigenvalue weighted by Crippen LogP contribution is -2.57. The number of hydrogen-bond acceptors (Lipinski definition) is 8. The predicted molar refractivity (Wildman–Crippen MR) is 129 cm³/mol. The summed E-state index contributed by atoms with van der Waals surface area (Å²) < 4.78 is 17.7. The molecule has 1 spiro atoms. The van der Waals surface area contributed by atoms with Crippen molar-refractivity contribution in [1.29, 1.82) is 0 Å². The van der Waals surface area contributed by atoms with Gasteiger partial charge < -0.3 is 29.1 Å². The molecular weight excluding hydrogens is 466 g/mol. The highest BCUT2D eigenvalue weighted by Crippen LogP contribution is 2.56. The summed E-state index contributed by atoms with van der Waals surface area (Å²) in [5.41, 5.74) is -2.40. The topological polar surface area (TPSA) is 109 Å². The van der Waals surface area contributed by atoms with Crippen molar-refractivity contribution < 1.29 is 33.7 Å². The Labute approximate surface area is 211 Å². The summed E-state index contributed by atoms with van der Waals surface area (Å²) in [5.74, 6) is -2.84. The van der Waals surface area contributed by atoms with Crippen LogP contribution in [-0.2, 0) is 28.6 Å². The summed E-state index contributed by atoms with van der Waals surface area (Å²) in [6, 6.07) is -0.957. The zero-order chi connectivity index (χ0) is 25.3. The first kappa shape index (κ1) is 25.4. The number of aliphatic hydroxyl groups is 1. The minimum atomic E-state index is -1.31. The molecular formula is C26H37N3O7. The van der Waals surface area contributed by atoms with E-state index < -0.39 is 35.0 Å². The van der Waals surface area contributed by atoms with Crippen LogP contribution in [0.2, 0.25) is 0 Å². The van der Waals surface area contributed by atoms with Gasteiger partial charge >= 0.3 is 5.97 Å². The fourth-order valence-electron chi connectivity index (χ4n) is 6.48. The number of nitrogens with zero attached hydrogens (tertiary/aromatic N) is 3. The molecule has 36 heavy (non-hydrogen) atoms. The number of cyclic esters (lactones) is 1. The summed E-state index contributed by atoms with van der Waals surface area (Å²) in [6.07, 6.45) is 10.0. The molecule has 3 fully saturated rings. The van der Waals surface area contributed by atoms with Crippen molar-refractivity contribution in [3.63, 3.8) is 0 Å². The van der Waals surface area contributed by atoms with Crippen LogP contribution in [0, 0.1) is 11.8 Å². The first-order chi connectivity index (χ1) is 17.4. The summed E-state index contributed by atoms with van der Waals surface area (Å²) in [6.45, 7) is 6.40. The van der Waals surface area contributed by atoms with E-state index in [4.69, 9.17) is 14.2 Å². The van der Waals surface area contributed by atoms with Gasteiger partial charge in [-0.3, -0.25) is 19.3 Å². The van der Waals surface area contributed by atoms with Crippen molar-refractivity contribution >= 4 is 17.8 Å². The average Bonchev–Trinajstić information content (AvgIpc) is 3.19. The van der Waals surface area contributed by atoms with Crippen LogP contribution in [0.5, 0.6) is 0 Å². The van der Waals surface area contributed by atoms with Gasteiger partial charge in [-0.2, -0.15) is 0 Å². The van der Waals surface area contributed by atoms with Gasteiger partial charge in [-0.15, -0.1) is 0 Å². The molecule has 2 amide bonds. The Morgan fingerprint density at radius 1 is 0.972 bits per heavy atom. The number of ether oxygens (including phenoxy) is 3. The number of likely N-dealkylation sites (tertiary alicyclic amines) is 1. The summed E-state index contributed by atoms with van der Waals surface area (Å²) in [4.78, 5) is 46.7. The first-order valence-electron chi connectivity index (χ1n) is 13.1. The highest BCUT2D eigenvalue weighted by Gasteiger charge is 2.74. The normalized spacial score (nSPS) is 38.3. The van der Waals surface area contributed by atoms with Crippen LogP contribution in [0.3, 0.4) is 0 Å². The third-order valence-electron chi connectivity index (χ3n) is 8.21. The quantitative estimate of drug-likeness (QED) is 0.412. The Hall–Kier alpha value is -2.27. The molecule has 10 nitrogen and oxygen atoms in total. The van der Waals surface area contributed by atoms with Gasteiger partial charge in [0.1, 0.15) is 17.6 Å². The standard InChI is InChI=1S/C26H37N3O7/c1-25-7-4-2-3-5-16-35-24(33)20(25)19-22(31)29(12-15-30)21-23(32)28(9-6-8-26(19,21)36-25)11-10-27-13-17-34-18-14-27/h4,6-8,19-21,30H,2-3,5,9-18H2,1H3/b7-4-/t19-,20+,21?,25-,26-/m0/s1. The van der Waals surface area contributed by atoms with Gasteiger partial charge in [-0.25, -0.2) is 0 Å². The second kappa shape index (κ2) is 10.2. The van der Waals surface area contributed by atoms with E-state index >= 15 is 0 Å². The smallest absolute Gasteiger partial charge is 0.313 e. The lowest BCUT2D eigenvalue weighted by atomic mass is 9.74. The second-order valence-electron chi connectivity index (χ2n) is 10.5. The molecule has 1 N–H and O–H groups in total. The molecule has 5 heterocycles. The Kier molecular flexibility index (Phi) is 7.22. The van der Waals surface area contributed by atoms with Crippen LogP contribution in [0.1, 0.15) is 26.2 Å². The molecule has 0 aliphatic carbocycles.